The van der Waals surface area contributed by atoms with Gasteiger partial charge >= 0.3 is 12.6 Å². The van der Waals surface area contributed by atoms with Crippen molar-refractivity contribution in [3.63, 3.8) is 0 Å². The molecule has 0 unspecified atom stereocenters. The third-order valence-corrected chi connectivity index (χ3v) is 5.39. The molecule has 8 nitrogen and oxygen atoms in total. The summed E-state index contributed by atoms with van der Waals surface area (Å²) in [5.41, 5.74) is 1.64. The van der Waals surface area contributed by atoms with E-state index in [2.05, 4.69) is 14.8 Å². The number of methoxy groups -OCH3 is 1. The van der Waals surface area contributed by atoms with Gasteiger partial charge in [0.25, 0.3) is 5.91 Å². The van der Waals surface area contributed by atoms with Crippen molar-refractivity contribution < 1.29 is 37.1 Å². The number of carbonyl (C=O) groups is 3. The second-order valence-electron chi connectivity index (χ2n) is 7.33. The highest BCUT2D eigenvalue weighted by Crippen LogP contribution is 2.29. The van der Waals surface area contributed by atoms with Gasteiger partial charge in [0.15, 0.2) is 0 Å². The van der Waals surface area contributed by atoms with Gasteiger partial charge in [0.2, 0.25) is 5.91 Å². The number of hydrogen-bond donors (Lipinski definition) is 1. The van der Waals surface area contributed by atoms with E-state index < -0.39 is 43.1 Å². The Kier molecular flexibility index (Phi) is 6.04. The van der Waals surface area contributed by atoms with Gasteiger partial charge in [-0.2, -0.15) is 8.78 Å². The van der Waals surface area contributed by atoms with Crippen molar-refractivity contribution in [2.24, 2.45) is 0 Å². The molecule has 0 bridgehead atoms. The fraction of sp³-hybridized carbons (Fsp3) is 0.318. The standard InChI is InChI=1S/C22H20F2N2O6/c1-30-21(29)16-9-13(31-22(23)24)11-26(16)19(27)10-25-20(28)12-6-7-18-15(8-12)14-4-2-3-5-17(14)32-18/h2-8,13,16,22H,9-11H2,1H3,(H,25,28)/t13-,16+/m1/s1. The molecule has 0 radical (unpaired) electrons. The highest BCUT2D eigenvalue weighted by Gasteiger charge is 2.41. The van der Waals surface area contributed by atoms with E-state index in [1.807, 2.05) is 24.3 Å². The van der Waals surface area contributed by atoms with Gasteiger partial charge in [-0.3, -0.25) is 9.59 Å². The minimum Gasteiger partial charge on any atom is -0.467 e. The van der Waals surface area contributed by atoms with E-state index in [9.17, 15) is 23.2 Å². The summed E-state index contributed by atoms with van der Waals surface area (Å²) < 4.78 is 39.9. The molecule has 0 spiro atoms. The first-order valence-electron chi connectivity index (χ1n) is 9.87. The van der Waals surface area contributed by atoms with Gasteiger partial charge in [-0.05, 0) is 24.3 Å². The molecule has 1 aliphatic rings. The number of para-hydroxylation sites is 1. The van der Waals surface area contributed by atoms with Gasteiger partial charge in [0.1, 0.15) is 17.2 Å². The van der Waals surface area contributed by atoms with Crippen molar-refractivity contribution in [1.82, 2.24) is 10.2 Å². The van der Waals surface area contributed by atoms with Crippen LogP contribution in [0.25, 0.3) is 21.9 Å². The molecule has 2 aromatic carbocycles. The Morgan fingerprint density at radius 1 is 1.16 bits per heavy atom. The Morgan fingerprint density at radius 2 is 1.91 bits per heavy atom. The van der Waals surface area contributed by atoms with Crippen LogP contribution in [0.15, 0.2) is 46.9 Å². The average molecular weight is 446 g/mol. The number of rotatable bonds is 6. The number of nitrogens with one attached hydrogen (secondary N) is 1. The summed E-state index contributed by atoms with van der Waals surface area (Å²) in [7, 11) is 1.14. The molecule has 1 N–H and O–H groups in total. The predicted molar refractivity (Wildman–Crippen MR) is 109 cm³/mol. The third kappa shape index (κ3) is 4.26. The summed E-state index contributed by atoms with van der Waals surface area (Å²) in [4.78, 5) is 38.3. The topological polar surface area (TPSA) is 98.1 Å². The van der Waals surface area contributed by atoms with Gasteiger partial charge in [-0.15, -0.1) is 0 Å². The molecule has 2 amide bonds. The molecule has 1 fully saturated rings. The van der Waals surface area contributed by atoms with Crippen molar-refractivity contribution in [2.45, 2.75) is 25.2 Å². The van der Waals surface area contributed by atoms with Crippen molar-refractivity contribution in [3.8, 4) is 0 Å². The zero-order chi connectivity index (χ0) is 22.8. The SMILES string of the molecule is COC(=O)[C@@H]1C[C@@H](OC(F)F)CN1C(=O)CNC(=O)c1ccc2oc3ccccc3c2c1. The van der Waals surface area contributed by atoms with Crippen LogP contribution in [0.1, 0.15) is 16.8 Å². The number of hydrogen-bond acceptors (Lipinski definition) is 6. The summed E-state index contributed by atoms with van der Waals surface area (Å²) in [6, 6.07) is 11.3. The predicted octanol–water partition coefficient (Wildman–Crippen LogP) is 2.70. The van der Waals surface area contributed by atoms with Crippen molar-refractivity contribution in [3.05, 3.63) is 48.0 Å². The Morgan fingerprint density at radius 3 is 2.66 bits per heavy atom. The molecule has 4 rings (SSSR count). The monoisotopic (exact) mass is 446 g/mol. The first-order chi connectivity index (χ1) is 15.4. The molecule has 1 saturated heterocycles. The van der Waals surface area contributed by atoms with E-state index in [1.54, 1.807) is 18.2 Å². The largest absolute Gasteiger partial charge is 0.467 e. The molecule has 1 aliphatic heterocycles. The van der Waals surface area contributed by atoms with Crippen molar-refractivity contribution in [2.75, 3.05) is 20.2 Å². The number of amides is 2. The number of carbonyl (C=O) groups excluding carboxylic acids is 3. The lowest BCUT2D eigenvalue weighted by molar-refractivity contribution is -0.160. The first kappa shape index (κ1) is 21.7. The summed E-state index contributed by atoms with van der Waals surface area (Å²) in [5, 5.41) is 4.13. The molecule has 32 heavy (non-hydrogen) atoms. The normalized spacial score (nSPS) is 18.4. The number of fused-ring (bicyclic) bond motifs is 3. The third-order valence-electron chi connectivity index (χ3n) is 5.39. The number of ether oxygens (including phenoxy) is 2. The minimum atomic E-state index is -3.03. The number of esters is 1. The zero-order valence-corrected chi connectivity index (χ0v) is 17.0. The highest BCUT2D eigenvalue weighted by atomic mass is 19.3. The quantitative estimate of drug-likeness (QED) is 0.585. The second kappa shape index (κ2) is 8.91. The van der Waals surface area contributed by atoms with E-state index in [4.69, 9.17) is 4.42 Å². The van der Waals surface area contributed by atoms with Crippen LogP contribution < -0.4 is 5.32 Å². The lowest BCUT2D eigenvalue weighted by atomic mass is 10.1. The molecular formula is C22H20F2N2O6. The maximum Gasteiger partial charge on any atom is 0.345 e. The van der Waals surface area contributed by atoms with Crippen molar-refractivity contribution >= 4 is 39.7 Å². The molecule has 10 heteroatoms. The highest BCUT2D eigenvalue weighted by molar-refractivity contribution is 6.08. The zero-order valence-electron chi connectivity index (χ0n) is 17.0. The van der Waals surface area contributed by atoms with Crippen LogP contribution >= 0.6 is 0 Å². The summed E-state index contributed by atoms with van der Waals surface area (Å²) in [6.07, 6.45) is -1.11. The fourth-order valence-electron chi connectivity index (χ4n) is 3.90. The van der Waals surface area contributed by atoms with E-state index in [-0.39, 0.29) is 13.0 Å². The van der Waals surface area contributed by atoms with Gasteiger partial charge in [-0.25, -0.2) is 4.79 Å². The summed E-state index contributed by atoms with van der Waals surface area (Å²) >= 11 is 0. The summed E-state index contributed by atoms with van der Waals surface area (Å²) in [5.74, 6) is -1.84. The maximum absolute atomic E-state index is 12.6. The van der Waals surface area contributed by atoms with Crippen LogP contribution in [0, 0.1) is 0 Å². The van der Waals surface area contributed by atoms with E-state index in [1.165, 1.54) is 0 Å². The Hall–Kier alpha value is -3.53. The first-order valence-corrected chi connectivity index (χ1v) is 9.87. The molecule has 0 aliphatic carbocycles. The second-order valence-corrected chi connectivity index (χ2v) is 7.33. The van der Waals surface area contributed by atoms with E-state index in [0.29, 0.717) is 16.7 Å². The molecule has 2 atom stereocenters. The van der Waals surface area contributed by atoms with Crippen LogP contribution in [0.2, 0.25) is 0 Å². The number of benzene rings is 2. The molecule has 168 valence electrons. The molecule has 2 heterocycles. The average Bonchev–Trinajstić information content (AvgIpc) is 3.37. The Balaban J connectivity index is 1.45. The van der Waals surface area contributed by atoms with Gasteiger partial charge in [0.05, 0.1) is 19.8 Å². The minimum absolute atomic E-state index is 0.110. The Bertz CT molecular complexity index is 1180. The maximum atomic E-state index is 12.6. The molecule has 1 aromatic heterocycles. The number of halogens is 2. The molecule has 3 aromatic rings. The van der Waals surface area contributed by atoms with E-state index >= 15 is 0 Å². The smallest absolute Gasteiger partial charge is 0.345 e. The fourth-order valence-corrected chi connectivity index (χ4v) is 3.90. The van der Waals surface area contributed by atoms with E-state index in [0.717, 1.165) is 22.8 Å². The van der Waals surface area contributed by atoms with Crippen molar-refractivity contribution in [1.29, 1.82) is 0 Å². The van der Waals surface area contributed by atoms with Crippen LogP contribution in [-0.4, -0.2) is 61.6 Å². The van der Waals surface area contributed by atoms with Crippen LogP contribution in [0.3, 0.4) is 0 Å². The number of nitrogens with zero attached hydrogens (tertiary/aromatic N) is 1. The lowest BCUT2D eigenvalue weighted by Gasteiger charge is -2.22. The Labute approximate surface area is 181 Å². The van der Waals surface area contributed by atoms with Gasteiger partial charge in [-0.1, -0.05) is 18.2 Å². The van der Waals surface area contributed by atoms with Crippen LogP contribution in [-0.2, 0) is 19.1 Å². The lowest BCUT2D eigenvalue weighted by Crippen LogP contribution is -2.46. The van der Waals surface area contributed by atoms with Gasteiger partial charge < -0.3 is 24.1 Å². The van der Waals surface area contributed by atoms with Crippen LogP contribution in [0.5, 0.6) is 0 Å². The summed E-state index contributed by atoms with van der Waals surface area (Å²) in [6.45, 7) is -3.65. The van der Waals surface area contributed by atoms with Crippen LogP contribution in [0.4, 0.5) is 8.78 Å². The number of furan rings is 1. The number of likely N-dealkylation sites (tertiary alicyclic amines) is 1. The number of alkyl halides is 2. The van der Waals surface area contributed by atoms with Gasteiger partial charge in [0, 0.05) is 29.3 Å². The molecular weight excluding hydrogens is 426 g/mol. The molecule has 0 saturated carbocycles.